The normalized spacial score (nSPS) is 14.2. The zero-order valence-corrected chi connectivity index (χ0v) is 11.7. The lowest BCUT2D eigenvalue weighted by Gasteiger charge is -2.27. The molecule has 1 aliphatic heterocycles. The topological polar surface area (TPSA) is 52.5 Å². The SMILES string of the molecule is OC1N(c2ccccc2)c2nccnc2N1c1ccccc1. The van der Waals surface area contributed by atoms with E-state index in [4.69, 9.17) is 0 Å². The van der Waals surface area contributed by atoms with Crippen LogP contribution in [0.1, 0.15) is 0 Å². The Balaban J connectivity index is 1.87. The van der Waals surface area contributed by atoms with E-state index < -0.39 is 6.35 Å². The minimum absolute atomic E-state index is 0.644. The van der Waals surface area contributed by atoms with E-state index >= 15 is 0 Å². The van der Waals surface area contributed by atoms with Crippen LogP contribution in [0.3, 0.4) is 0 Å². The second kappa shape index (κ2) is 5.13. The van der Waals surface area contributed by atoms with Crippen molar-refractivity contribution in [2.45, 2.75) is 6.35 Å². The number of aromatic nitrogens is 2. The van der Waals surface area contributed by atoms with E-state index in [0.29, 0.717) is 11.6 Å². The van der Waals surface area contributed by atoms with Crippen LogP contribution in [-0.2, 0) is 0 Å². The molecule has 0 radical (unpaired) electrons. The number of para-hydroxylation sites is 2. The molecule has 3 aromatic rings. The van der Waals surface area contributed by atoms with E-state index in [0.717, 1.165) is 11.4 Å². The van der Waals surface area contributed by atoms with E-state index in [9.17, 15) is 5.11 Å². The van der Waals surface area contributed by atoms with Crippen molar-refractivity contribution in [2.24, 2.45) is 0 Å². The fourth-order valence-corrected chi connectivity index (χ4v) is 2.69. The highest BCUT2D eigenvalue weighted by molar-refractivity contribution is 5.82. The van der Waals surface area contributed by atoms with Gasteiger partial charge in [0.15, 0.2) is 11.6 Å². The van der Waals surface area contributed by atoms with Gasteiger partial charge in [-0.1, -0.05) is 36.4 Å². The molecule has 0 saturated carbocycles. The summed E-state index contributed by atoms with van der Waals surface area (Å²) in [6, 6.07) is 19.4. The monoisotopic (exact) mass is 290 g/mol. The molecule has 1 aromatic heterocycles. The van der Waals surface area contributed by atoms with Gasteiger partial charge in [-0.25, -0.2) is 9.97 Å². The Labute approximate surface area is 128 Å². The molecule has 0 aliphatic carbocycles. The summed E-state index contributed by atoms with van der Waals surface area (Å²) in [5.41, 5.74) is 1.74. The fraction of sp³-hybridized carbons (Fsp3) is 0.0588. The van der Waals surface area contributed by atoms with Crippen LogP contribution in [0, 0.1) is 0 Å². The van der Waals surface area contributed by atoms with Crippen molar-refractivity contribution in [3.63, 3.8) is 0 Å². The molecule has 1 aliphatic rings. The van der Waals surface area contributed by atoms with Gasteiger partial charge >= 0.3 is 0 Å². The van der Waals surface area contributed by atoms with Crippen LogP contribution in [0.25, 0.3) is 0 Å². The highest BCUT2D eigenvalue weighted by Crippen LogP contribution is 2.43. The van der Waals surface area contributed by atoms with Gasteiger partial charge in [0, 0.05) is 23.8 Å². The van der Waals surface area contributed by atoms with Gasteiger partial charge in [0.1, 0.15) is 0 Å². The van der Waals surface area contributed by atoms with E-state index in [1.165, 1.54) is 0 Å². The van der Waals surface area contributed by atoms with Gasteiger partial charge in [-0.05, 0) is 24.3 Å². The minimum atomic E-state index is -0.887. The van der Waals surface area contributed by atoms with Gasteiger partial charge < -0.3 is 5.11 Å². The number of hydrogen-bond donors (Lipinski definition) is 1. The average Bonchev–Trinajstić information content (AvgIpc) is 2.88. The van der Waals surface area contributed by atoms with E-state index in [1.807, 2.05) is 60.7 Å². The summed E-state index contributed by atoms with van der Waals surface area (Å²) in [4.78, 5) is 12.4. The lowest BCUT2D eigenvalue weighted by atomic mass is 10.3. The Morgan fingerprint density at radius 2 is 1.09 bits per heavy atom. The van der Waals surface area contributed by atoms with Gasteiger partial charge in [0.25, 0.3) is 0 Å². The minimum Gasteiger partial charge on any atom is -0.356 e. The smallest absolute Gasteiger partial charge is 0.219 e. The Bertz CT molecular complexity index is 712. The van der Waals surface area contributed by atoms with Crippen LogP contribution in [0.2, 0.25) is 0 Å². The zero-order chi connectivity index (χ0) is 14.9. The maximum atomic E-state index is 10.8. The Kier molecular flexibility index (Phi) is 2.98. The summed E-state index contributed by atoms with van der Waals surface area (Å²) in [5, 5.41) is 10.8. The molecular weight excluding hydrogens is 276 g/mol. The largest absolute Gasteiger partial charge is 0.356 e. The molecule has 2 aromatic carbocycles. The van der Waals surface area contributed by atoms with Gasteiger partial charge in [0.2, 0.25) is 6.35 Å². The molecule has 5 nitrogen and oxygen atoms in total. The maximum absolute atomic E-state index is 10.8. The molecule has 0 spiro atoms. The summed E-state index contributed by atoms with van der Waals surface area (Å²) in [6.45, 7) is 0. The Hall–Kier alpha value is -2.92. The van der Waals surface area contributed by atoms with E-state index in [2.05, 4.69) is 9.97 Å². The first-order chi connectivity index (χ1) is 10.9. The number of hydrogen-bond acceptors (Lipinski definition) is 5. The summed E-state index contributed by atoms with van der Waals surface area (Å²) < 4.78 is 0. The molecule has 0 amide bonds. The average molecular weight is 290 g/mol. The zero-order valence-electron chi connectivity index (χ0n) is 11.7. The third-order valence-electron chi connectivity index (χ3n) is 3.65. The first-order valence-corrected chi connectivity index (χ1v) is 7.04. The highest BCUT2D eigenvalue weighted by atomic mass is 16.3. The van der Waals surface area contributed by atoms with Crippen LogP contribution >= 0.6 is 0 Å². The Morgan fingerprint density at radius 1 is 0.682 bits per heavy atom. The van der Waals surface area contributed by atoms with Crippen molar-refractivity contribution < 1.29 is 5.11 Å². The van der Waals surface area contributed by atoms with Gasteiger partial charge in [-0.15, -0.1) is 0 Å². The van der Waals surface area contributed by atoms with E-state index in [-0.39, 0.29) is 0 Å². The molecule has 5 heteroatoms. The highest BCUT2D eigenvalue weighted by Gasteiger charge is 2.38. The molecule has 0 bridgehead atoms. The van der Waals surface area contributed by atoms with Crippen molar-refractivity contribution in [1.82, 2.24) is 9.97 Å². The van der Waals surface area contributed by atoms with E-state index in [1.54, 1.807) is 22.2 Å². The van der Waals surface area contributed by atoms with Crippen LogP contribution in [0.15, 0.2) is 73.1 Å². The second-order valence-electron chi connectivity index (χ2n) is 4.96. The molecule has 0 fully saturated rings. The maximum Gasteiger partial charge on any atom is 0.219 e. The predicted molar refractivity (Wildman–Crippen MR) is 85.2 cm³/mol. The summed E-state index contributed by atoms with van der Waals surface area (Å²) >= 11 is 0. The standard InChI is InChI=1S/C17H14N4O/c22-17-20(13-7-3-1-4-8-13)15-16(19-12-11-18-15)21(17)14-9-5-2-6-10-14/h1-12,17,22H. The van der Waals surface area contributed by atoms with Crippen molar-refractivity contribution in [2.75, 3.05) is 9.80 Å². The lowest BCUT2D eigenvalue weighted by molar-refractivity contribution is 0.194. The third kappa shape index (κ3) is 1.91. The molecule has 0 atom stereocenters. The van der Waals surface area contributed by atoms with Crippen molar-refractivity contribution in [1.29, 1.82) is 0 Å². The predicted octanol–water partition coefficient (Wildman–Crippen LogP) is 3.04. The van der Waals surface area contributed by atoms with Crippen LogP contribution in [-0.4, -0.2) is 21.4 Å². The van der Waals surface area contributed by atoms with Crippen LogP contribution in [0.5, 0.6) is 0 Å². The number of benzene rings is 2. The molecule has 0 unspecified atom stereocenters. The molecule has 22 heavy (non-hydrogen) atoms. The van der Waals surface area contributed by atoms with Crippen molar-refractivity contribution >= 4 is 23.0 Å². The van der Waals surface area contributed by atoms with Gasteiger partial charge in [-0.2, -0.15) is 0 Å². The molecule has 2 heterocycles. The molecule has 4 rings (SSSR count). The first-order valence-electron chi connectivity index (χ1n) is 7.04. The number of aliphatic hydroxyl groups is 1. The van der Waals surface area contributed by atoms with Crippen molar-refractivity contribution in [3.8, 4) is 0 Å². The Morgan fingerprint density at radius 3 is 1.50 bits per heavy atom. The second-order valence-corrected chi connectivity index (χ2v) is 4.96. The molecule has 1 N–H and O–H groups in total. The number of fused-ring (bicyclic) bond motifs is 1. The fourth-order valence-electron chi connectivity index (χ4n) is 2.69. The number of aliphatic hydroxyl groups excluding tert-OH is 1. The van der Waals surface area contributed by atoms with Crippen LogP contribution in [0.4, 0.5) is 23.0 Å². The quantitative estimate of drug-likeness (QED) is 0.786. The molecule has 108 valence electrons. The first kappa shape index (κ1) is 12.8. The number of rotatable bonds is 2. The third-order valence-corrected chi connectivity index (χ3v) is 3.65. The van der Waals surface area contributed by atoms with Gasteiger partial charge in [0.05, 0.1) is 0 Å². The summed E-state index contributed by atoms with van der Waals surface area (Å²) in [7, 11) is 0. The summed E-state index contributed by atoms with van der Waals surface area (Å²) in [5.74, 6) is 1.29. The summed E-state index contributed by atoms with van der Waals surface area (Å²) in [6.07, 6.45) is 2.38. The van der Waals surface area contributed by atoms with Gasteiger partial charge in [-0.3, -0.25) is 9.80 Å². The lowest BCUT2D eigenvalue weighted by Crippen LogP contribution is -2.38. The van der Waals surface area contributed by atoms with Crippen molar-refractivity contribution in [3.05, 3.63) is 73.1 Å². The molecular formula is C17H14N4O. The molecule has 0 saturated heterocycles. The number of nitrogens with zero attached hydrogens (tertiary/aromatic N) is 4. The number of anilines is 4. The van der Waals surface area contributed by atoms with Crippen LogP contribution < -0.4 is 9.80 Å².